The summed E-state index contributed by atoms with van der Waals surface area (Å²) in [6.45, 7) is 2.03. The molecule has 0 atom stereocenters. The van der Waals surface area contributed by atoms with Crippen LogP contribution in [0.4, 0.5) is 0 Å². The summed E-state index contributed by atoms with van der Waals surface area (Å²) in [5.41, 5.74) is 1.42. The van der Waals surface area contributed by atoms with Gasteiger partial charge in [-0.3, -0.25) is 0 Å². The Kier molecular flexibility index (Phi) is 4.92. The van der Waals surface area contributed by atoms with Gasteiger partial charge < -0.3 is 9.47 Å². The molecule has 0 aromatic heterocycles. The zero-order valence-corrected chi connectivity index (χ0v) is 13.4. The lowest BCUT2D eigenvalue weighted by atomic mass is 9.84. The van der Waals surface area contributed by atoms with E-state index in [-0.39, 0.29) is 0 Å². The fourth-order valence-electron chi connectivity index (χ4n) is 3.24. The predicted octanol–water partition coefficient (Wildman–Crippen LogP) is 4.02. The van der Waals surface area contributed by atoms with Gasteiger partial charge >= 0.3 is 0 Å². The summed E-state index contributed by atoms with van der Waals surface area (Å²) in [6, 6.07) is 1.91. The van der Waals surface area contributed by atoms with Crippen LogP contribution < -0.4 is 9.47 Å². The number of methoxy groups -OCH3 is 2. The number of carbonyl (C=O) groups excluding carboxylic acids is 1. The number of nitrogens with zero attached hydrogens (tertiary/aromatic N) is 1. The maximum atomic E-state index is 10.9. The summed E-state index contributed by atoms with van der Waals surface area (Å²) in [5, 5.41) is 0.543. The van der Waals surface area contributed by atoms with Crippen LogP contribution in [0.15, 0.2) is 11.1 Å². The quantitative estimate of drug-likeness (QED) is 0.609. The summed E-state index contributed by atoms with van der Waals surface area (Å²) < 4.78 is 10.7. The highest BCUT2D eigenvalue weighted by Crippen LogP contribution is 2.49. The van der Waals surface area contributed by atoms with E-state index in [9.17, 15) is 4.79 Å². The molecule has 114 valence electrons. The van der Waals surface area contributed by atoms with Crippen LogP contribution >= 0.6 is 11.6 Å². The maximum absolute atomic E-state index is 10.9. The van der Waals surface area contributed by atoms with Crippen molar-refractivity contribution in [2.75, 3.05) is 14.2 Å². The molecule has 0 unspecified atom stereocenters. The molecule has 0 saturated heterocycles. The number of isocyanates is 1. The van der Waals surface area contributed by atoms with Gasteiger partial charge in [-0.1, -0.05) is 31.4 Å². The highest BCUT2D eigenvalue weighted by Gasteiger charge is 2.39. The normalized spacial score (nSPS) is 16.4. The average Bonchev–Trinajstić information content (AvgIpc) is 2.96. The van der Waals surface area contributed by atoms with Crippen molar-refractivity contribution < 1.29 is 14.3 Å². The molecular weight excluding hydrogens is 290 g/mol. The predicted molar refractivity (Wildman–Crippen MR) is 82.2 cm³/mol. The third-order valence-electron chi connectivity index (χ3n) is 4.26. The van der Waals surface area contributed by atoms with Crippen molar-refractivity contribution in [1.29, 1.82) is 0 Å². The molecule has 21 heavy (non-hydrogen) atoms. The minimum absolute atomic E-state index is 0.518. The molecule has 0 amide bonds. The Hall–Kier alpha value is -1.51. The highest BCUT2D eigenvalue weighted by atomic mass is 35.5. The van der Waals surface area contributed by atoms with Crippen molar-refractivity contribution in [3.63, 3.8) is 0 Å². The number of ether oxygens (including phenoxy) is 2. The molecule has 1 fully saturated rings. The monoisotopic (exact) mass is 309 g/mol. The number of hydrogen-bond acceptors (Lipinski definition) is 4. The number of hydrogen-bond donors (Lipinski definition) is 0. The van der Waals surface area contributed by atoms with Crippen LogP contribution in [0.1, 0.15) is 43.7 Å². The summed E-state index contributed by atoms with van der Waals surface area (Å²) in [5.74, 6) is 1.10. The van der Waals surface area contributed by atoms with Gasteiger partial charge in [-0.05, 0) is 36.5 Å². The Bertz CT molecular complexity index is 573. The Balaban J connectivity index is 2.72. The summed E-state index contributed by atoms with van der Waals surface area (Å²) in [7, 11) is 3.14. The first-order valence-electron chi connectivity index (χ1n) is 7.16. The zero-order valence-electron chi connectivity index (χ0n) is 12.7. The fourth-order valence-corrected chi connectivity index (χ4v) is 3.64. The third kappa shape index (κ3) is 2.66. The lowest BCUT2D eigenvalue weighted by Crippen LogP contribution is -2.21. The van der Waals surface area contributed by atoms with E-state index in [4.69, 9.17) is 21.1 Å². The summed E-state index contributed by atoms with van der Waals surface area (Å²) in [6.07, 6.45) is 6.24. The van der Waals surface area contributed by atoms with E-state index in [0.717, 1.165) is 43.2 Å². The topological polar surface area (TPSA) is 47.9 Å². The minimum Gasteiger partial charge on any atom is -0.493 e. The Morgan fingerprint density at radius 1 is 1.33 bits per heavy atom. The molecule has 0 aliphatic heterocycles. The van der Waals surface area contributed by atoms with E-state index in [1.807, 2.05) is 13.0 Å². The first-order chi connectivity index (χ1) is 10.1. The molecule has 1 saturated carbocycles. The van der Waals surface area contributed by atoms with Gasteiger partial charge in [-0.15, -0.1) is 0 Å². The van der Waals surface area contributed by atoms with E-state index < -0.39 is 5.54 Å². The molecule has 1 aliphatic carbocycles. The zero-order chi connectivity index (χ0) is 15.5. The van der Waals surface area contributed by atoms with Crippen LogP contribution in [-0.2, 0) is 16.8 Å². The van der Waals surface area contributed by atoms with Gasteiger partial charge in [0.25, 0.3) is 0 Å². The summed E-state index contributed by atoms with van der Waals surface area (Å²) >= 11 is 6.49. The van der Waals surface area contributed by atoms with Crippen molar-refractivity contribution in [3.8, 4) is 11.5 Å². The molecule has 2 rings (SSSR count). The lowest BCUT2D eigenvalue weighted by molar-refractivity contribution is 0.351. The number of rotatable bonds is 5. The third-order valence-corrected chi connectivity index (χ3v) is 4.66. The van der Waals surface area contributed by atoms with Crippen molar-refractivity contribution in [1.82, 2.24) is 0 Å². The fraction of sp³-hybridized carbons (Fsp3) is 0.562. The van der Waals surface area contributed by atoms with E-state index in [1.54, 1.807) is 20.3 Å². The number of halogens is 1. The molecule has 1 aromatic rings. The van der Waals surface area contributed by atoms with Crippen LogP contribution in [-0.4, -0.2) is 20.3 Å². The van der Waals surface area contributed by atoms with Gasteiger partial charge in [0.15, 0.2) is 11.5 Å². The first-order valence-corrected chi connectivity index (χ1v) is 7.54. The second kappa shape index (κ2) is 6.50. The van der Waals surface area contributed by atoms with E-state index in [2.05, 4.69) is 4.99 Å². The maximum Gasteiger partial charge on any atom is 0.235 e. The molecule has 0 heterocycles. The van der Waals surface area contributed by atoms with Gasteiger partial charge in [0, 0.05) is 0 Å². The van der Waals surface area contributed by atoms with Crippen LogP contribution in [0.2, 0.25) is 5.02 Å². The van der Waals surface area contributed by atoms with Gasteiger partial charge in [-0.25, -0.2) is 4.79 Å². The Morgan fingerprint density at radius 2 is 2.00 bits per heavy atom. The van der Waals surface area contributed by atoms with Crippen molar-refractivity contribution >= 4 is 17.7 Å². The van der Waals surface area contributed by atoms with E-state index in [0.29, 0.717) is 16.5 Å². The van der Waals surface area contributed by atoms with Gasteiger partial charge in [0.05, 0.1) is 24.8 Å². The van der Waals surface area contributed by atoms with Crippen LogP contribution in [0.25, 0.3) is 0 Å². The van der Waals surface area contributed by atoms with Crippen LogP contribution in [0.3, 0.4) is 0 Å². The smallest absolute Gasteiger partial charge is 0.235 e. The van der Waals surface area contributed by atoms with Crippen molar-refractivity contribution in [2.24, 2.45) is 4.99 Å². The number of aliphatic imine (C=N–C) groups is 1. The number of benzene rings is 1. The highest BCUT2D eigenvalue weighted by molar-refractivity contribution is 6.33. The molecule has 1 aromatic carbocycles. The van der Waals surface area contributed by atoms with Gasteiger partial charge in [0.2, 0.25) is 6.08 Å². The molecular formula is C16H20ClNO3. The molecule has 0 radical (unpaired) electrons. The lowest BCUT2D eigenvalue weighted by Gasteiger charge is -2.27. The molecule has 0 N–H and O–H groups in total. The van der Waals surface area contributed by atoms with Gasteiger partial charge in [-0.2, -0.15) is 4.99 Å². The molecule has 4 nitrogen and oxygen atoms in total. The van der Waals surface area contributed by atoms with Crippen molar-refractivity contribution in [3.05, 3.63) is 22.2 Å². The average molecular weight is 310 g/mol. The minimum atomic E-state index is -0.518. The molecule has 0 bridgehead atoms. The van der Waals surface area contributed by atoms with E-state index in [1.165, 1.54) is 0 Å². The standard InChI is InChI=1S/C16H20ClNO3/c1-4-11-12(16(18-10-19)7-5-6-8-16)9-13(20-2)15(21-3)14(11)17/h9H,4-8H2,1-3H3. The molecule has 1 aliphatic rings. The Labute approximate surface area is 130 Å². The molecule has 5 heteroatoms. The SMILES string of the molecule is CCc1c(C2(N=C=O)CCCC2)cc(OC)c(OC)c1Cl. The van der Waals surface area contributed by atoms with Crippen molar-refractivity contribution in [2.45, 2.75) is 44.6 Å². The van der Waals surface area contributed by atoms with Crippen LogP contribution in [0.5, 0.6) is 11.5 Å². The van der Waals surface area contributed by atoms with Crippen LogP contribution in [0, 0.1) is 0 Å². The largest absolute Gasteiger partial charge is 0.493 e. The van der Waals surface area contributed by atoms with Gasteiger partial charge in [0.1, 0.15) is 0 Å². The molecule has 0 spiro atoms. The first kappa shape index (κ1) is 15.9. The Morgan fingerprint density at radius 3 is 2.48 bits per heavy atom. The van der Waals surface area contributed by atoms with E-state index >= 15 is 0 Å². The second-order valence-electron chi connectivity index (χ2n) is 5.25. The second-order valence-corrected chi connectivity index (χ2v) is 5.63. The summed E-state index contributed by atoms with van der Waals surface area (Å²) in [4.78, 5) is 15.1.